The van der Waals surface area contributed by atoms with Crippen LogP contribution in [0.3, 0.4) is 0 Å². The molecule has 2 aromatic rings. The Bertz CT molecular complexity index is 591. The number of alkyl halides is 2. The van der Waals surface area contributed by atoms with E-state index in [1.54, 1.807) is 12.1 Å². The summed E-state index contributed by atoms with van der Waals surface area (Å²) in [4.78, 5) is 0. The molecule has 1 aromatic carbocycles. The molecule has 0 bridgehead atoms. The predicted molar refractivity (Wildman–Crippen MR) is 92.0 cm³/mol. The van der Waals surface area contributed by atoms with Crippen molar-refractivity contribution in [3.8, 4) is 0 Å². The lowest BCUT2D eigenvalue weighted by atomic mass is 9.80. The van der Waals surface area contributed by atoms with E-state index in [-0.39, 0.29) is 11.2 Å². The van der Waals surface area contributed by atoms with E-state index >= 15 is 0 Å². The molecular formula is C16H19Br2FN2. The van der Waals surface area contributed by atoms with Crippen LogP contribution in [0.25, 0.3) is 0 Å². The van der Waals surface area contributed by atoms with E-state index in [9.17, 15) is 4.39 Å². The lowest BCUT2D eigenvalue weighted by Crippen LogP contribution is -2.33. The van der Waals surface area contributed by atoms with Crippen molar-refractivity contribution in [1.82, 2.24) is 9.78 Å². The number of aromatic nitrogens is 2. The topological polar surface area (TPSA) is 17.8 Å². The van der Waals surface area contributed by atoms with Crippen LogP contribution in [-0.4, -0.2) is 20.4 Å². The molecule has 0 saturated heterocycles. The van der Waals surface area contributed by atoms with Crippen molar-refractivity contribution in [1.29, 1.82) is 0 Å². The van der Waals surface area contributed by atoms with Gasteiger partial charge in [0.1, 0.15) is 5.82 Å². The van der Waals surface area contributed by atoms with Crippen LogP contribution in [0.15, 0.2) is 36.5 Å². The largest absolute Gasteiger partial charge is 0.270 e. The number of rotatable bonds is 6. The number of halogens is 3. The molecule has 1 heterocycles. The zero-order chi connectivity index (χ0) is 15.5. The third-order valence-electron chi connectivity index (χ3n) is 3.66. The predicted octanol–water partition coefficient (Wildman–Crippen LogP) is 4.87. The number of nitrogens with zero attached hydrogens (tertiary/aromatic N) is 2. The number of benzene rings is 1. The highest BCUT2D eigenvalue weighted by atomic mass is 79.9. The van der Waals surface area contributed by atoms with Crippen molar-refractivity contribution < 1.29 is 4.39 Å². The van der Waals surface area contributed by atoms with Gasteiger partial charge in [0.15, 0.2) is 0 Å². The van der Waals surface area contributed by atoms with Gasteiger partial charge in [-0.3, -0.25) is 4.68 Å². The fourth-order valence-corrected chi connectivity index (χ4v) is 4.28. The first-order chi connectivity index (χ1) is 10.0. The van der Waals surface area contributed by atoms with Crippen LogP contribution in [-0.2, 0) is 11.8 Å². The molecule has 1 aromatic heterocycles. The van der Waals surface area contributed by atoms with Crippen molar-refractivity contribution in [2.24, 2.45) is 0 Å². The Labute approximate surface area is 142 Å². The molecule has 2 nitrogen and oxygen atoms in total. The summed E-state index contributed by atoms with van der Waals surface area (Å²) in [6.07, 6.45) is 2.76. The Morgan fingerprint density at radius 1 is 1.24 bits per heavy atom. The van der Waals surface area contributed by atoms with Crippen LogP contribution in [0.1, 0.15) is 31.1 Å². The van der Waals surface area contributed by atoms with Crippen molar-refractivity contribution >= 4 is 31.9 Å². The monoisotopic (exact) mass is 416 g/mol. The van der Waals surface area contributed by atoms with Crippen LogP contribution in [0.4, 0.5) is 4.39 Å². The minimum absolute atomic E-state index is 0.202. The van der Waals surface area contributed by atoms with Gasteiger partial charge in [0.25, 0.3) is 0 Å². The standard InChI is InChI=1S/C16H19Br2FN2/c1-12(2)21-7-6-15(20-21)9-16(10-17,11-18)13-4-3-5-14(19)8-13/h3-8,12H,9-11H2,1-2H3. The highest BCUT2D eigenvalue weighted by Gasteiger charge is 2.31. The third-order valence-corrected chi connectivity index (χ3v) is 5.81. The second-order valence-corrected chi connectivity index (χ2v) is 6.74. The summed E-state index contributed by atoms with van der Waals surface area (Å²) in [6.45, 7) is 4.21. The van der Waals surface area contributed by atoms with Crippen LogP contribution in [0.2, 0.25) is 0 Å². The van der Waals surface area contributed by atoms with Gasteiger partial charge in [-0.1, -0.05) is 44.0 Å². The summed E-state index contributed by atoms with van der Waals surface area (Å²) in [5, 5.41) is 6.10. The number of hydrogen-bond acceptors (Lipinski definition) is 1. The van der Waals surface area contributed by atoms with Gasteiger partial charge in [-0.25, -0.2) is 4.39 Å². The average Bonchev–Trinajstić information content (AvgIpc) is 2.93. The fourth-order valence-electron chi connectivity index (χ4n) is 2.31. The molecule has 0 radical (unpaired) electrons. The summed E-state index contributed by atoms with van der Waals surface area (Å²) in [7, 11) is 0. The quantitative estimate of drug-likeness (QED) is 0.612. The molecule has 0 atom stereocenters. The number of hydrogen-bond donors (Lipinski definition) is 0. The first-order valence-electron chi connectivity index (χ1n) is 6.93. The second-order valence-electron chi connectivity index (χ2n) is 5.62. The van der Waals surface area contributed by atoms with Crippen LogP contribution in [0, 0.1) is 5.82 Å². The SMILES string of the molecule is CC(C)n1ccc(CC(CBr)(CBr)c2cccc(F)c2)n1. The van der Waals surface area contributed by atoms with E-state index in [0.29, 0.717) is 6.04 Å². The average molecular weight is 418 g/mol. The van der Waals surface area contributed by atoms with Gasteiger partial charge in [-0.15, -0.1) is 0 Å². The smallest absolute Gasteiger partial charge is 0.123 e. The maximum Gasteiger partial charge on any atom is 0.123 e. The van der Waals surface area contributed by atoms with E-state index in [4.69, 9.17) is 0 Å². The maximum atomic E-state index is 13.6. The first kappa shape index (κ1) is 16.7. The Hall–Kier alpha value is -0.680. The Morgan fingerprint density at radius 3 is 2.48 bits per heavy atom. The molecule has 5 heteroatoms. The van der Waals surface area contributed by atoms with Gasteiger partial charge in [0, 0.05) is 34.7 Å². The molecule has 21 heavy (non-hydrogen) atoms. The molecule has 0 fully saturated rings. The van der Waals surface area contributed by atoms with Crippen LogP contribution in [0.5, 0.6) is 0 Å². The van der Waals surface area contributed by atoms with E-state index in [1.165, 1.54) is 6.07 Å². The molecule has 2 rings (SSSR count). The van der Waals surface area contributed by atoms with Gasteiger partial charge in [0.05, 0.1) is 5.69 Å². The highest BCUT2D eigenvalue weighted by Crippen LogP contribution is 2.33. The van der Waals surface area contributed by atoms with Gasteiger partial charge >= 0.3 is 0 Å². The lowest BCUT2D eigenvalue weighted by Gasteiger charge is -2.30. The molecule has 0 aliphatic rings. The van der Waals surface area contributed by atoms with Gasteiger partial charge < -0.3 is 0 Å². The summed E-state index contributed by atoms with van der Waals surface area (Å²) < 4.78 is 15.5. The Balaban J connectivity index is 2.33. The first-order valence-corrected chi connectivity index (χ1v) is 9.17. The van der Waals surface area contributed by atoms with E-state index in [2.05, 4.69) is 50.8 Å². The maximum absolute atomic E-state index is 13.6. The van der Waals surface area contributed by atoms with E-state index in [1.807, 2.05) is 23.0 Å². The highest BCUT2D eigenvalue weighted by molar-refractivity contribution is 9.09. The zero-order valence-corrected chi connectivity index (χ0v) is 15.4. The Kier molecular flexibility index (Phi) is 5.60. The van der Waals surface area contributed by atoms with E-state index in [0.717, 1.165) is 28.3 Å². The van der Waals surface area contributed by atoms with Crippen molar-refractivity contribution in [3.05, 3.63) is 53.6 Å². The van der Waals surface area contributed by atoms with Gasteiger partial charge in [-0.05, 0) is 37.6 Å². The second kappa shape index (κ2) is 7.05. The lowest BCUT2D eigenvalue weighted by molar-refractivity contribution is 0.499. The summed E-state index contributed by atoms with van der Waals surface area (Å²) >= 11 is 7.20. The molecule has 0 N–H and O–H groups in total. The normalized spacial score (nSPS) is 12.1. The van der Waals surface area contributed by atoms with E-state index < -0.39 is 0 Å². The minimum Gasteiger partial charge on any atom is -0.270 e. The molecule has 114 valence electrons. The zero-order valence-electron chi connectivity index (χ0n) is 12.2. The van der Waals surface area contributed by atoms with Crippen LogP contribution >= 0.6 is 31.9 Å². The molecule has 0 amide bonds. The van der Waals surface area contributed by atoms with Crippen molar-refractivity contribution in [3.63, 3.8) is 0 Å². The van der Waals surface area contributed by atoms with Gasteiger partial charge in [-0.2, -0.15) is 5.10 Å². The summed E-state index contributed by atoms with van der Waals surface area (Å²) in [6, 6.07) is 9.21. The molecule has 0 aliphatic carbocycles. The summed E-state index contributed by atoms with van der Waals surface area (Å²) in [5.74, 6) is -0.202. The minimum atomic E-state index is -0.210. The fraction of sp³-hybridized carbons (Fsp3) is 0.438. The molecule has 0 unspecified atom stereocenters. The molecule has 0 aliphatic heterocycles. The van der Waals surface area contributed by atoms with Crippen molar-refractivity contribution in [2.45, 2.75) is 31.7 Å². The van der Waals surface area contributed by atoms with Crippen molar-refractivity contribution in [2.75, 3.05) is 10.7 Å². The summed E-state index contributed by atoms with van der Waals surface area (Å²) in [5.41, 5.74) is 1.79. The van der Waals surface area contributed by atoms with Crippen LogP contribution < -0.4 is 0 Å². The molecular weight excluding hydrogens is 399 g/mol. The Morgan fingerprint density at radius 2 is 1.95 bits per heavy atom. The molecule has 0 saturated carbocycles. The van der Waals surface area contributed by atoms with Gasteiger partial charge in [0.2, 0.25) is 0 Å². The molecule has 0 spiro atoms. The third kappa shape index (κ3) is 3.75.